The summed E-state index contributed by atoms with van der Waals surface area (Å²) in [5, 5.41) is 9.91. The fraction of sp³-hybridized carbons (Fsp3) is 0.579. The molecule has 2 heterocycles. The number of nitrogens with zero attached hydrogens (tertiary/aromatic N) is 3. The molecule has 0 bridgehead atoms. The number of hydrogen-bond donors (Lipinski definition) is 0. The van der Waals surface area contributed by atoms with Crippen molar-refractivity contribution in [3.8, 4) is 5.88 Å². The molecule has 26 heavy (non-hydrogen) atoms. The van der Waals surface area contributed by atoms with Crippen LogP contribution < -0.4 is 4.74 Å². The van der Waals surface area contributed by atoms with E-state index in [0.717, 1.165) is 42.9 Å². The van der Waals surface area contributed by atoms with Crippen molar-refractivity contribution in [3.05, 3.63) is 30.5 Å². The molecule has 7 heteroatoms. The van der Waals surface area contributed by atoms with Crippen LogP contribution in [0.4, 0.5) is 0 Å². The number of benzene rings is 1. The molecule has 1 aromatic carbocycles. The van der Waals surface area contributed by atoms with Crippen molar-refractivity contribution in [3.63, 3.8) is 0 Å². The van der Waals surface area contributed by atoms with Crippen molar-refractivity contribution in [1.82, 2.24) is 14.5 Å². The van der Waals surface area contributed by atoms with Crippen LogP contribution in [0, 0.1) is 0 Å². The van der Waals surface area contributed by atoms with Crippen LogP contribution in [-0.2, 0) is 10.0 Å². The quantitative estimate of drug-likeness (QED) is 0.821. The lowest BCUT2D eigenvalue weighted by Crippen LogP contribution is -2.46. The van der Waals surface area contributed by atoms with E-state index in [1.807, 2.05) is 24.3 Å². The topological polar surface area (TPSA) is 72.4 Å². The minimum atomic E-state index is -3.17. The highest BCUT2D eigenvalue weighted by Crippen LogP contribution is 2.29. The summed E-state index contributed by atoms with van der Waals surface area (Å²) in [5.74, 6) is 0.539. The molecule has 0 amide bonds. The third-order valence-electron chi connectivity index (χ3n) is 5.55. The molecule has 1 aliphatic heterocycles. The molecular weight excluding hydrogens is 350 g/mol. The Hall–Kier alpha value is -1.73. The number of fused-ring (bicyclic) bond motifs is 1. The number of rotatable bonds is 4. The lowest BCUT2D eigenvalue weighted by Gasteiger charge is -2.34. The molecule has 1 saturated carbocycles. The van der Waals surface area contributed by atoms with Gasteiger partial charge in [0.05, 0.1) is 11.4 Å². The van der Waals surface area contributed by atoms with Crippen molar-refractivity contribution >= 4 is 20.8 Å². The monoisotopic (exact) mass is 375 g/mol. The highest BCUT2D eigenvalue weighted by Gasteiger charge is 2.35. The number of sulfonamides is 1. The fourth-order valence-corrected chi connectivity index (χ4v) is 6.10. The maximum absolute atomic E-state index is 12.8. The molecular formula is C19H25N3O3S. The Labute approximate surface area is 154 Å². The lowest BCUT2D eigenvalue weighted by atomic mass is 10.0. The molecule has 0 unspecified atom stereocenters. The van der Waals surface area contributed by atoms with Crippen LogP contribution in [0.25, 0.3) is 10.8 Å². The number of aromatic nitrogens is 2. The SMILES string of the molecule is O=S(=O)(C1CCCCC1)N1CCC(Oc2nncc3ccccc23)CC1. The van der Waals surface area contributed by atoms with E-state index < -0.39 is 10.0 Å². The second-order valence-corrected chi connectivity index (χ2v) is 9.47. The standard InChI is InChI=1S/C19H25N3O3S/c23-26(24,17-7-2-1-3-8-17)22-12-10-16(11-13-22)25-19-18-9-5-4-6-15(18)14-20-21-19/h4-6,9,14,16-17H,1-3,7-8,10-13H2. The summed E-state index contributed by atoms with van der Waals surface area (Å²) in [5.41, 5.74) is 0. The first-order valence-electron chi connectivity index (χ1n) is 9.50. The maximum Gasteiger partial charge on any atom is 0.241 e. The zero-order chi connectivity index (χ0) is 18.0. The van der Waals surface area contributed by atoms with Crippen LogP contribution in [0.1, 0.15) is 44.9 Å². The van der Waals surface area contributed by atoms with E-state index in [1.165, 1.54) is 0 Å². The summed E-state index contributed by atoms with van der Waals surface area (Å²) < 4.78 is 33.4. The Balaban J connectivity index is 1.40. The average Bonchev–Trinajstić information content (AvgIpc) is 2.69. The highest BCUT2D eigenvalue weighted by atomic mass is 32.2. The first-order chi connectivity index (χ1) is 12.6. The van der Waals surface area contributed by atoms with Gasteiger partial charge in [-0.05, 0) is 31.7 Å². The molecule has 6 nitrogen and oxygen atoms in total. The second-order valence-electron chi connectivity index (χ2n) is 7.26. The molecule has 2 aliphatic rings. The van der Waals surface area contributed by atoms with E-state index in [2.05, 4.69) is 10.2 Å². The van der Waals surface area contributed by atoms with Gasteiger partial charge in [-0.3, -0.25) is 0 Å². The molecule has 0 spiro atoms. The second kappa shape index (κ2) is 7.48. The van der Waals surface area contributed by atoms with Crippen LogP contribution in [-0.4, -0.2) is 47.4 Å². The van der Waals surface area contributed by atoms with Crippen molar-refractivity contribution in [2.45, 2.75) is 56.3 Å². The summed E-state index contributed by atoms with van der Waals surface area (Å²) >= 11 is 0. The summed E-state index contributed by atoms with van der Waals surface area (Å²) in [7, 11) is -3.17. The predicted octanol–water partition coefficient (Wildman–Crippen LogP) is 3.14. The summed E-state index contributed by atoms with van der Waals surface area (Å²) in [6, 6.07) is 7.87. The summed E-state index contributed by atoms with van der Waals surface area (Å²) in [6.45, 7) is 1.06. The fourth-order valence-electron chi connectivity index (χ4n) is 4.02. The van der Waals surface area contributed by atoms with Gasteiger partial charge in [-0.1, -0.05) is 37.5 Å². The molecule has 1 saturated heterocycles. The zero-order valence-corrected chi connectivity index (χ0v) is 15.7. The van der Waals surface area contributed by atoms with Gasteiger partial charge in [0, 0.05) is 23.9 Å². The van der Waals surface area contributed by atoms with Crippen LogP contribution in [0.2, 0.25) is 0 Å². The van der Waals surface area contributed by atoms with Crippen LogP contribution in [0.3, 0.4) is 0 Å². The van der Waals surface area contributed by atoms with Crippen LogP contribution in [0.15, 0.2) is 30.5 Å². The molecule has 1 aromatic heterocycles. The molecule has 0 N–H and O–H groups in total. The summed E-state index contributed by atoms with van der Waals surface area (Å²) in [6.07, 6.45) is 7.93. The van der Waals surface area contributed by atoms with Gasteiger partial charge in [0.25, 0.3) is 0 Å². The van der Waals surface area contributed by atoms with Gasteiger partial charge in [-0.15, -0.1) is 5.10 Å². The van der Waals surface area contributed by atoms with E-state index in [4.69, 9.17) is 4.74 Å². The molecule has 1 aliphatic carbocycles. The van der Waals surface area contributed by atoms with Crippen molar-refractivity contribution in [2.24, 2.45) is 0 Å². The Morgan fingerprint density at radius 3 is 2.50 bits per heavy atom. The average molecular weight is 375 g/mol. The Bertz CT molecular complexity index is 852. The van der Waals surface area contributed by atoms with Gasteiger partial charge in [-0.2, -0.15) is 5.10 Å². The smallest absolute Gasteiger partial charge is 0.241 e. The van der Waals surface area contributed by atoms with Crippen LogP contribution in [0.5, 0.6) is 5.88 Å². The summed E-state index contributed by atoms with van der Waals surface area (Å²) in [4.78, 5) is 0. The van der Waals surface area contributed by atoms with E-state index >= 15 is 0 Å². The Morgan fingerprint density at radius 1 is 1.00 bits per heavy atom. The normalized spacial score (nSPS) is 21.1. The van der Waals surface area contributed by atoms with E-state index in [1.54, 1.807) is 10.5 Å². The van der Waals surface area contributed by atoms with Gasteiger partial charge in [0.15, 0.2) is 0 Å². The number of piperidine rings is 1. The van der Waals surface area contributed by atoms with Crippen molar-refractivity contribution in [1.29, 1.82) is 0 Å². The van der Waals surface area contributed by atoms with Gasteiger partial charge in [0.1, 0.15) is 6.10 Å². The molecule has 2 aromatic rings. The Morgan fingerprint density at radius 2 is 1.73 bits per heavy atom. The van der Waals surface area contributed by atoms with Gasteiger partial charge in [-0.25, -0.2) is 12.7 Å². The van der Waals surface area contributed by atoms with Crippen LogP contribution >= 0.6 is 0 Å². The third kappa shape index (κ3) is 3.55. The molecule has 140 valence electrons. The number of ether oxygens (including phenoxy) is 1. The minimum Gasteiger partial charge on any atom is -0.473 e. The first-order valence-corrected chi connectivity index (χ1v) is 11.0. The zero-order valence-electron chi connectivity index (χ0n) is 14.9. The maximum atomic E-state index is 12.8. The third-order valence-corrected chi connectivity index (χ3v) is 7.95. The number of hydrogen-bond acceptors (Lipinski definition) is 5. The lowest BCUT2D eigenvalue weighted by molar-refractivity contribution is 0.130. The Kier molecular flexibility index (Phi) is 5.09. The van der Waals surface area contributed by atoms with Crippen molar-refractivity contribution in [2.75, 3.05) is 13.1 Å². The van der Waals surface area contributed by atoms with E-state index in [9.17, 15) is 8.42 Å². The molecule has 2 fully saturated rings. The van der Waals surface area contributed by atoms with E-state index in [-0.39, 0.29) is 11.4 Å². The largest absolute Gasteiger partial charge is 0.473 e. The van der Waals surface area contributed by atoms with Gasteiger partial charge in [0.2, 0.25) is 15.9 Å². The highest BCUT2D eigenvalue weighted by molar-refractivity contribution is 7.89. The minimum absolute atomic E-state index is 0.0205. The predicted molar refractivity (Wildman–Crippen MR) is 101 cm³/mol. The van der Waals surface area contributed by atoms with Crippen molar-refractivity contribution < 1.29 is 13.2 Å². The first kappa shape index (κ1) is 17.7. The van der Waals surface area contributed by atoms with Gasteiger partial charge >= 0.3 is 0 Å². The van der Waals surface area contributed by atoms with Gasteiger partial charge < -0.3 is 4.74 Å². The molecule has 0 radical (unpaired) electrons. The van der Waals surface area contributed by atoms with E-state index in [0.29, 0.717) is 31.8 Å². The molecule has 0 atom stereocenters. The molecule has 4 rings (SSSR count).